The molecule has 11 nitrogen and oxygen atoms in total. The maximum absolute atomic E-state index is 14.5. The van der Waals surface area contributed by atoms with Gasteiger partial charge >= 0.3 is 17.9 Å². The van der Waals surface area contributed by atoms with E-state index in [1.54, 1.807) is 39.0 Å². The number of ketones is 1. The summed E-state index contributed by atoms with van der Waals surface area (Å²) in [5.41, 5.74) is -6.37. The monoisotopic (exact) mass is 586 g/mol. The molecule has 11 heteroatoms. The highest BCUT2D eigenvalue weighted by Gasteiger charge is 2.78. The molecule has 2 saturated carbocycles. The number of benzene rings is 1. The van der Waals surface area contributed by atoms with Crippen molar-refractivity contribution in [2.24, 2.45) is 16.7 Å². The molecule has 1 heterocycles. The van der Waals surface area contributed by atoms with E-state index in [2.05, 4.69) is 0 Å². The molecule has 1 aliphatic heterocycles. The standard InChI is InChI=1S/C31H38O11/c1-15-19(40-16(2)32)13-31(38)26(41-27(37)18-10-8-7-9-11-18)24-29(6,25(36)23(35)22(15)28(31,4)5)20(34)12-21-30(24,14-39-21)42-17(3)33/h7-11,19-21,23-24,26,34-35,38H,12-14H2,1-6H3/t19-,20-,21+,23-,24+,26+,29+,30+,31-/m1/s1. The highest BCUT2D eigenvalue weighted by atomic mass is 16.6. The third-order valence-electron chi connectivity index (χ3n) is 10.2. The van der Waals surface area contributed by atoms with Crippen molar-refractivity contribution in [3.8, 4) is 0 Å². The predicted octanol–water partition coefficient (Wildman–Crippen LogP) is 1.65. The van der Waals surface area contributed by atoms with Crippen molar-refractivity contribution in [1.82, 2.24) is 0 Å². The Labute approximate surface area is 243 Å². The van der Waals surface area contributed by atoms with Crippen LogP contribution in [0.2, 0.25) is 0 Å². The minimum atomic E-state index is -2.11. The minimum Gasteiger partial charge on any atom is -0.458 e. The lowest BCUT2D eigenvalue weighted by molar-refractivity contribution is -0.345. The second-order valence-corrected chi connectivity index (χ2v) is 12.8. The van der Waals surface area contributed by atoms with Gasteiger partial charge in [-0.1, -0.05) is 32.0 Å². The van der Waals surface area contributed by atoms with Crippen molar-refractivity contribution in [2.75, 3.05) is 6.61 Å². The summed E-state index contributed by atoms with van der Waals surface area (Å²) in [5, 5.41) is 36.2. The third-order valence-corrected chi connectivity index (χ3v) is 10.2. The number of ether oxygens (including phenoxy) is 4. The fraction of sp³-hybridized carbons (Fsp3) is 0.613. The lowest BCUT2D eigenvalue weighted by atomic mass is 9.44. The van der Waals surface area contributed by atoms with Gasteiger partial charge in [-0.25, -0.2) is 4.79 Å². The summed E-state index contributed by atoms with van der Waals surface area (Å²) in [6, 6.07) is 8.05. The Morgan fingerprint density at radius 2 is 1.64 bits per heavy atom. The maximum atomic E-state index is 14.5. The summed E-state index contributed by atoms with van der Waals surface area (Å²) in [6.07, 6.45) is -7.19. The van der Waals surface area contributed by atoms with E-state index in [0.29, 0.717) is 5.57 Å². The summed E-state index contributed by atoms with van der Waals surface area (Å²) in [4.78, 5) is 52.9. The first-order valence-corrected chi connectivity index (χ1v) is 14.1. The van der Waals surface area contributed by atoms with Crippen LogP contribution in [0.1, 0.15) is 64.7 Å². The molecule has 1 saturated heterocycles. The van der Waals surface area contributed by atoms with Gasteiger partial charge in [0.15, 0.2) is 11.4 Å². The van der Waals surface area contributed by atoms with Crippen LogP contribution in [0.25, 0.3) is 0 Å². The average Bonchev–Trinajstić information content (AvgIpc) is 2.90. The lowest BCUT2D eigenvalue weighted by Gasteiger charge is -2.67. The molecule has 3 N–H and O–H groups in total. The zero-order valence-electron chi connectivity index (χ0n) is 24.6. The van der Waals surface area contributed by atoms with E-state index in [0.717, 1.165) is 0 Å². The number of fused-ring (bicyclic) bond motifs is 5. The van der Waals surface area contributed by atoms with Crippen molar-refractivity contribution in [3.63, 3.8) is 0 Å². The van der Waals surface area contributed by atoms with Gasteiger partial charge in [0.05, 0.1) is 29.6 Å². The fourth-order valence-electron chi connectivity index (χ4n) is 7.97. The molecule has 0 unspecified atom stereocenters. The first-order chi connectivity index (χ1) is 19.5. The number of Topliss-reactive ketones (excluding diaryl/α,β-unsaturated/α-hetero) is 1. The van der Waals surface area contributed by atoms with Crippen LogP contribution in [0.15, 0.2) is 41.5 Å². The molecule has 2 bridgehead atoms. The molecule has 5 rings (SSSR count). The summed E-state index contributed by atoms with van der Waals surface area (Å²) >= 11 is 0. The van der Waals surface area contributed by atoms with Crippen LogP contribution in [-0.4, -0.2) is 87.3 Å². The molecule has 0 aromatic heterocycles. The first kappa shape index (κ1) is 30.3. The van der Waals surface area contributed by atoms with Gasteiger partial charge in [0.1, 0.15) is 30.0 Å². The van der Waals surface area contributed by atoms with E-state index in [1.807, 2.05) is 0 Å². The van der Waals surface area contributed by atoms with Gasteiger partial charge in [0.2, 0.25) is 0 Å². The van der Waals surface area contributed by atoms with Crippen molar-refractivity contribution in [2.45, 2.75) is 96.1 Å². The zero-order valence-corrected chi connectivity index (χ0v) is 24.6. The number of aliphatic hydroxyl groups excluding tert-OH is 2. The van der Waals surface area contributed by atoms with Crippen molar-refractivity contribution >= 4 is 23.7 Å². The first-order valence-electron chi connectivity index (χ1n) is 14.1. The molecular formula is C31H38O11. The van der Waals surface area contributed by atoms with E-state index < -0.39 is 82.2 Å². The van der Waals surface area contributed by atoms with Gasteiger partial charge in [-0.05, 0) is 37.1 Å². The van der Waals surface area contributed by atoms with Crippen LogP contribution < -0.4 is 0 Å². The average molecular weight is 587 g/mol. The van der Waals surface area contributed by atoms with Crippen LogP contribution in [0, 0.1) is 16.7 Å². The molecule has 1 aromatic carbocycles. The van der Waals surface area contributed by atoms with Crippen molar-refractivity contribution in [1.29, 1.82) is 0 Å². The second kappa shape index (κ2) is 9.97. The smallest absolute Gasteiger partial charge is 0.338 e. The summed E-state index contributed by atoms with van der Waals surface area (Å²) in [6.45, 7) is 8.48. The molecule has 0 spiro atoms. The molecule has 0 amide bonds. The van der Waals surface area contributed by atoms with Gasteiger partial charge in [-0.15, -0.1) is 0 Å². The fourth-order valence-corrected chi connectivity index (χ4v) is 7.97. The highest BCUT2D eigenvalue weighted by molar-refractivity contribution is 5.94. The Hall–Kier alpha value is -3.12. The number of esters is 3. The quantitative estimate of drug-likeness (QED) is 0.267. The molecule has 9 atom stereocenters. The Kier molecular flexibility index (Phi) is 7.20. The van der Waals surface area contributed by atoms with E-state index >= 15 is 0 Å². The van der Waals surface area contributed by atoms with Crippen LogP contribution >= 0.6 is 0 Å². The molecule has 0 radical (unpaired) electrons. The van der Waals surface area contributed by atoms with Crippen LogP contribution in [-0.2, 0) is 33.3 Å². The van der Waals surface area contributed by atoms with E-state index in [1.165, 1.54) is 32.9 Å². The largest absolute Gasteiger partial charge is 0.458 e. The molecule has 4 aliphatic rings. The van der Waals surface area contributed by atoms with Gasteiger partial charge in [0, 0.05) is 32.1 Å². The summed E-state index contributed by atoms with van der Waals surface area (Å²) in [7, 11) is 0. The molecule has 3 aliphatic carbocycles. The Bertz CT molecular complexity index is 1350. The Balaban J connectivity index is 1.82. The summed E-state index contributed by atoms with van der Waals surface area (Å²) in [5.74, 6) is -4.35. The van der Waals surface area contributed by atoms with Gasteiger partial charge in [-0.3, -0.25) is 14.4 Å². The van der Waals surface area contributed by atoms with Gasteiger partial charge in [-0.2, -0.15) is 0 Å². The Morgan fingerprint density at radius 1 is 1.00 bits per heavy atom. The molecule has 3 fully saturated rings. The highest BCUT2D eigenvalue weighted by Crippen LogP contribution is 2.64. The normalized spacial score (nSPS) is 40.4. The third kappa shape index (κ3) is 4.08. The number of hydrogen-bond acceptors (Lipinski definition) is 11. The number of hydrogen-bond donors (Lipinski definition) is 3. The number of carbonyl (C=O) groups is 4. The summed E-state index contributed by atoms with van der Waals surface area (Å²) < 4.78 is 23.4. The number of aliphatic hydroxyl groups is 3. The number of rotatable bonds is 4. The van der Waals surface area contributed by atoms with Gasteiger partial charge in [0.25, 0.3) is 0 Å². The minimum absolute atomic E-state index is 0.103. The van der Waals surface area contributed by atoms with E-state index in [9.17, 15) is 34.5 Å². The van der Waals surface area contributed by atoms with Crippen LogP contribution in [0.5, 0.6) is 0 Å². The maximum Gasteiger partial charge on any atom is 0.338 e. The van der Waals surface area contributed by atoms with Gasteiger partial charge < -0.3 is 34.3 Å². The second-order valence-electron chi connectivity index (χ2n) is 12.8. The molecule has 228 valence electrons. The SMILES string of the molecule is CC(=O)O[C@@H]1C[C@@]2(O)[C@@H](OC(=O)c3ccccc3)[C@@H]3[C@]4(OC(C)=O)CO[C@H]4C[C@@H](O)[C@]3(C)C(=O)[C@H](O)C(=C1C)C2(C)C. The lowest BCUT2D eigenvalue weighted by Crippen LogP contribution is -2.81. The Morgan fingerprint density at radius 3 is 2.19 bits per heavy atom. The topological polar surface area (TPSA) is 166 Å². The molecule has 1 aromatic rings. The molecule has 42 heavy (non-hydrogen) atoms. The molecular weight excluding hydrogens is 548 g/mol. The van der Waals surface area contributed by atoms with E-state index in [-0.39, 0.29) is 30.6 Å². The number of carbonyl (C=O) groups excluding carboxylic acids is 4. The predicted molar refractivity (Wildman–Crippen MR) is 145 cm³/mol. The van der Waals surface area contributed by atoms with E-state index in [4.69, 9.17) is 18.9 Å². The van der Waals surface area contributed by atoms with Crippen molar-refractivity contribution in [3.05, 3.63) is 47.0 Å². The van der Waals surface area contributed by atoms with Crippen LogP contribution in [0.4, 0.5) is 0 Å². The zero-order chi connectivity index (χ0) is 31.0. The van der Waals surface area contributed by atoms with Crippen molar-refractivity contribution < 1.29 is 53.4 Å². The van der Waals surface area contributed by atoms with Crippen LogP contribution in [0.3, 0.4) is 0 Å².